The largest absolute Gasteiger partial charge is 0.313 e. The van der Waals surface area contributed by atoms with Crippen LogP contribution in [0, 0.1) is 5.82 Å². The highest BCUT2D eigenvalue weighted by atomic mass is 19.1. The van der Waals surface area contributed by atoms with Crippen LogP contribution in [0.4, 0.5) is 4.39 Å². The van der Waals surface area contributed by atoms with Gasteiger partial charge in [-0.15, -0.1) is 0 Å². The Kier molecular flexibility index (Phi) is 5.12. The summed E-state index contributed by atoms with van der Waals surface area (Å²) in [5.74, 6) is 0.143. The van der Waals surface area contributed by atoms with Gasteiger partial charge in [0, 0.05) is 25.4 Å². The maximum Gasteiger partial charge on any atom is 0.123 e. The molecule has 1 aromatic carbocycles. The highest BCUT2D eigenvalue weighted by Crippen LogP contribution is 2.31. The number of benzene rings is 1. The Labute approximate surface area is 126 Å². The van der Waals surface area contributed by atoms with Crippen molar-refractivity contribution in [2.24, 2.45) is 7.05 Å². The minimum Gasteiger partial charge on any atom is -0.313 e. The Morgan fingerprint density at radius 2 is 2.05 bits per heavy atom. The zero-order valence-electron chi connectivity index (χ0n) is 13.3. The van der Waals surface area contributed by atoms with Crippen LogP contribution in [-0.4, -0.2) is 16.3 Å². The molecule has 0 fully saturated rings. The maximum atomic E-state index is 13.6. The van der Waals surface area contributed by atoms with Crippen LogP contribution >= 0.6 is 0 Å². The molecule has 114 valence electrons. The lowest BCUT2D eigenvalue weighted by Crippen LogP contribution is -2.14. The lowest BCUT2D eigenvalue weighted by Gasteiger charge is -2.12. The van der Waals surface area contributed by atoms with E-state index >= 15 is 0 Å². The molecular formula is C17H24FN3. The first kappa shape index (κ1) is 15.7. The van der Waals surface area contributed by atoms with Crippen molar-refractivity contribution in [2.45, 2.75) is 39.7 Å². The molecule has 0 saturated heterocycles. The third-order valence-electron chi connectivity index (χ3n) is 3.50. The van der Waals surface area contributed by atoms with E-state index in [-0.39, 0.29) is 5.82 Å². The van der Waals surface area contributed by atoms with Crippen LogP contribution in [0.1, 0.15) is 44.4 Å². The van der Waals surface area contributed by atoms with Crippen LogP contribution in [0.5, 0.6) is 0 Å². The highest BCUT2D eigenvalue weighted by molar-refractivity contribution is 5.69. The van der Waals surface area contributed by atoms with Gasteiger partial charge in [0.05, 0.1) is 5.69 Å². The molecule has 2 rings (SSSR count). The lowest BCUT2D eigenvalue weighted by atomic mass is 9.96. The van der Waals surface area contributed by atoms with Crippen molar-refractivity contribution in [2.75, 3.05) is 6.54 Å². The summed E-state index contributed by atoms with van der Waals surface area (Å²) in [6.45, 7) is 7.99. The smallest absolute Gasteiger partial charge is 0.123 e. The van der Waals surface area contributed by atoms with Gasteiger partial charge in [-0.3, -0.25) is 4.68 Å². The molecule has 1 N–H and O–H groups in total. The molecule has 0 atom stereocenters. The molecule has 0 aliphatic heterocycles. The Balaban J connectivity index is 2.43. The van der Waals surface area contributed by atoms with Gasteiger partial charge >= 0.3 is 0 Å². The van der Waals surface area contributed by atoms with E-state index in [2.05, 4.69) is 31.2 Å². The predicted molar refractivity (Wildman–Crippen MR) is 84.7 cm³/mol. The van der Waals surface area contributed by atoms with Crippen LogP contribution in [0.2, 0.25) is 0 Å². The van der Waals surface area contributed by atoms with Crippen molar-refractivity contribution in [1.82, 2.24) is 15.1 Å². The molecule has 1 aromatic heterocycles. The summed E-state index contributed by atoms with van der Waals surface area (Å²) >= 11 is 0. The van der Waals surface area contributed by atoms with Gasteiger partial charge in [-0.05, 0) is 42.1 Å². The topological polar surface area (TPSA) is 29.9 Å². The molecule has 0 radical (unpaired) electrons. The van der Waals surface area contributed by atoms with Gasteiger partial charge in [-0.25, -0.2) is 4.39 Å². The zero-order valence-corrected chi connectivity index (χ0v) is 13.3. The number of hydrogen-bond donors (Lipinski definition) is 1. The van der Waals surface area contributed by atoms with Gasteiger partial charge in [0.15, 0.2) is 0 Å². The number of aryl methyl sites for hydroxylation is 1. The van der Waals surface area contributed by atoms with Crippen LogP contribution in [0.15, 0.2) is 24.4 Å². The minimum atomic E-state index is -0.193. The van der Waals surface area contributed by atoms with Crippen LogP contribution in [-0.2, 0) is 13.6 Å². The quantitative estimate of drug-likeness (QED) is 0.819. The molecule has 0 spiro atoms. The van der Waals surface area contributed by atoms with Crippen molar-refractivity contribution in [1.29, 1.82) is 0 Å². The molecule has 3 nitrogen and oxygen atoms in total. The van der Waals surface area contributed by atoms with Crippen LogP contribution in [0.3, 0.4) is 0 Å². The standard InChI is InChI=1S/C17H24FN3/c1-5-8-19-10-13-9-14(18)6-7-15(13)16-11-21(4)20-17(16)12(2)3/h6-7,9,11-12,19H,5,8,10H2,1-4H3. The zero-order chi connectivity index (χ0) is 15.4. The Morgan fingerprint density at radius 3 is 2.71 bits per heavy atom. The number of nitrogens with one attached hydrogen (secondary N) is 1. The summed E-state index contributed by atoms with van der Waals surface area (Å²) in [6.07, 6.45) is 3.08. The van der Waals surface area contributed by atoms with Gasteiger partial charge in [0.2, 0.25) is 0 Å². The normalized spacial score (nSPS) is 11.3. The minimum absolute atomic E-state index is 0.193. The number of rotatable bonds is 6. The van der Waals surface area contributed by atoms with E-state index in [0.29, 0.717) is 12.5 Å². The van der Waals surface area contributed by atoms with E-state index in [1.165, 1.54) is 6.07 Å². The lowest BCUT2D eigenvalue weighted by molar-refractivity contribution is 0.619. The van der Waals surface area contributed by atoms with Crippen molar-refractivity contribution in [3.05, 3.63) is 41.5 Å². The molecule has 21 heavy (non-hydrogen) atoms. The monoisotopic (exact) mass is 289 g/mol. The molecule has 0 aliphatic rings. The highest BCUT2D eigenvalue weighted by Gasteiger charge is 2.16. The average Bonchev–Trinajstić information content (AvgIpc) is 2.81. The number of halogens is 1. The average molecular weight is 289 g/mol. The molecule has 0 unspecified atom stereocenters. The van der Waals surface area contributed by atoms with Gasteiger partial charge in [0.25, 0.3) is 0 Å². The van der Waals surface area contributed by atoms with E-state index < -0.39 is 0 Å². The fourth-order valence-corrected chi connectivity index (χ4v) is 2.51. The third-order valence-corrected chi connectivity index (χ3v) is 3.50. The Hall–Kier alpha value is -1.68. The summed E-state index contributed by atoms with van der Waals surface area (Å²) in [6, 6.07) is 5.01. The molecule has 4 heteroatoms. The number of hydrogen-bond acceptors (Lipinski definition) is 2. The van der Waals surface area contributed by atoms with E-state index in [1.54, 1.807) is 6.07 Å². The summed E-state index contributed by atoms with van der Waals surface area (Å²) in [4.78, 5) is 0. The second-order valence-electron chi connectivity index (χ2n) is 5.73. The van der Waals surface area contributed by atoms with Crippen LogP contribution in [0.25, 0.3) is 11.1 Å². The Morgan fingerprint density at radius 1 is 1.29 bits per heavy atom. The van der Waals surface area contributed by atoms with E-state index in [0.717, 1.165) is 35.3 Å². The number of aromatic nitrogens is 2. The Bertz CT molecular complexity index is 602. The molecule has 1 heterocycles. The van der Waals surface area contributed by atoms with Gasteiger partial charge < -0.3 is 5.32 Å². The number of nitrogens with zero attached hydrogens (tertiary/aromatic N) is 2. The van der Waals surface area contributed by atoms with E-state index in [1.807, 2.05) is 24.0 Å². The van der Waals surface area contributed by atoms with Crippen molar-refractivity contribution in [3.63, 3.8) is 0 Å². The van der Waals surface area contributed by atoms with E-state index in [4.69, 9.17) is 0 Å². The summed E-state index contributed by atoms with van der Waals surface area (Å²) < 4.78 is 15.4. The molecule has 0 bridgehead atoms. The molecule has 0 aliphatic carbocycles. The van der Waals surface area contributed by atoms with Gasteiger partial charge in [-0.1, -0.05) is 26.8 Å². The van der Waals surface area contributed by atoms with Crippen LogP contribution < -0.4 is 5.32 Å². The van der Waals surface area contributed by atoms with Gasteiger partial charge in [0.1, 0.15) is 5.82 Å². The first-order valence-electron chi connectivity index (χ1n) is 7.56. The fraction of sp³-hybridized carbons (Fsp3) is 0.471. The van der Waals surface area contributed by atoms with E-state index in [9.17, 15) is 4.39 Å². The molecule has 0 amide bonds. The predicted octanol–water partition coefficient (Wildman–Crippen LogP) is 3.85. The molecule has 2 aromatic rings. The summed E-state index contributed by atoms with van der Waals surface area (Å²) in [7, 11) is 1.92. The fourth-order valence-electron chi connectivity index (χ4n) is 2.51. The second-order valence-corrected chi connectivity index (χ2v) is 5.73. The second kappa shape index (κ2) is 6.85. The molecule has 0 saturated carbocycles. The van der Waals surface area contributed by atoms with Crippen molar-refractivity contribution in [3.8, 4) is 11.1 Å². The molecular weight excluding hydrogens is 265 g/mol. The SMILES string of the molecule is CCCNCc1cc(F)ccc1-c1cn(C)nc1C(C)C. The first-order chi connectivity index (χ1) is 10.0. The van der Waals surface area contributed by atoms with Gasteiger partial charge in [-0.2, -0.15) is 5.10 Å². The van der Waals surface area contributed by atoms with Crippen molar-refractivity contribution >= 4 is 0 Å². The summed E-state index contributed by atoms with van der Waals surface area (Å²) in [5.41, 5.74) is 4.21. The summed E-state index contributed by atoms with van der Waals surface area (Å²) in [5, 5.41) is 7.90. The maximum absolute atomic E-state index is 13.6. The van der Waals surface area contributed by atoms with Crippen molar-refractivity contribution < 1.29 is 4.39 Å². The first-order valence-corrected chi connectivity index (χ1v) is 7.56. The third kappa shape index (κ3) is 3.70.